The second-order valence-corrected chi connectivity index (χ2v) is 3.37. The molecule has 0 aromatic heterocycles. The Morgan fingerprint density at radius 3 is 2.41 bits per heavy atom. The Bertz CT molecular complexity index is 368. The molecule has 0 bridgehead atoms. The molecular formula is C10H12ClF4NO. The summed E-state index contributed by atoms with van der Waals surface area (Å²) in [6.45, 7) is 0.119. The first-order chi connectivity index (χ1) is 7.29. The molecular weight excluding hydrogens is 262 g/mol. The predicted molar refractivity (Wildman–Crippen MR) is 57.8 cm³/mol. The Morgan fingerprint density at radius 2 is 1.94 bits per heavy atom. The minimum absolute atomic E-state index is 0. The molecule has 0 aliphatic heterocycles. The van der Waals surface area contributed by atoms with Crippen molar-refractivity contribution in [1.29, 1.82) is 0 Å². The van der Waals surface area contributed by atoms with Gasteiger partial charge in [0.15, 0.2) is 6.61 Å². The molecule has 0 fully saturated rings. The minimum Gasteiger partial charge on any atom is -0.484 e. The van der Waals surface area contributed by atoms with Crippen LogP contribution < -0.4 is 10.5 Å². The van der Waals surface area contributed by atoms with Crippen molar-refractivity contribution < 1.29 is 22.3 Å². The highest BCUT2D eigenvalue weighted by Gasteiger charge is 2.29. The van der Waals surface area contributed by atoms with Gasteiger partial charge in [-0.25, -0.2) is 4.39 Å². The van der Waals surface area contributed by atoms with Gasteiger partial charge in [-0.15, -0.1) is 12.4 Å². The largest absolute Gasteiger partial charge is 0.484 e. The molecule has 1 aromatic rings. The van der Waals surface area contributed by atoms with Gasteiger partial charge in [-0.2, -0.15) is 13.2 Å². The fraction of sp³-hybridized carbons (Fsp3) is 0.400. The van der Waals surface area contributed by atoms with Crippen molar-refractivity contribution >= 4 is 12.4 Å². The van der Waals surface area contributed by atoms with Crippen LogP contribution in [0, 0.1) is 5.82 Å². The van der Waals surface area contributed by atoms with Crippen molar-refractivity contribution in [2.45, 2.75) is 19.1 Å². The lowest BCUT2D eigenvalue weighted by molar-refractivity contribution is -0.153. The lowest BCUT2D eigenvalue weighted by Gasteiger charge is -2.15. The Kier molecular flexibility index (Phi) is 5.71. The third-order valence-corrected chi connectivity index (χ3v) is 1.85. The first kappa shape index (κ1) is 16.0. The van der Waals surface area contributed by atoms with E-state index in [1.54, 1.807) is 0 Å². The number of benzene rings is 1. The number of alkyl halides is 3. The van der Waals surface area contributed by atoms with Gasteiger partial charge in [0.2, 0.25) is 0 Å². The monoisotopic (exact) mass is 273 g/mol. The summed E-state index contributed by atoms with van der Waals surface area (Å²) in [5.41, 5.74) is 5.71. The number of halogens is 5. The summed E-state index contributed by atoms with van der Waals surface area (Å²) in [4.78, 5) is 0. The average Bonchev–Trinajstić information content (AvgIpc) is 2.14. The summed E-state index contributed by atoms with van der Waals surface area (Å²) in [7, 11) is 0. The van der Waals surface area contributed by atoms with E-state index in [-0.39, 0.29) is 23.7 Å². The van der Waals surface area contributed by atoms with Gasteiger partial charge in [-0.1, -0.05) is 0 Å². The molecule has 1 aromatic carbocycles. The summed E-state index contributed by atoms with van der Waals surface area (Å²) in [6.07, 6.45) is -4.43. The van der Waals surface area contributed by atoms with Crippen LogP contribution in [0.5, 0.6) is 5.75 Å². The third-order valence-electron chi connectivity index (χ3n) is 1.85. The molecule has 1 rings (SSSR count). The van der Waals surface area contributed by atoms with Crippen LogP contribution in [0.25, 0.3) is 0 Å². The van der Waals surface area contributed by atoms with E-state index in [1.807, 2.05) is 0 Å². The molecule has 2 N–H and O–H groups in total. The van der Waals surface area contributed by atoms with Crippen LogP contribution >= 0.6 is 12.4 Å². The van der Waals surface area contributed by atoms with Crippen molar-refractivity contribution in [2.75, 3.05) is 6.61 Å². The van der Waals surface area contributed by atoms with E-state index in [2.05, 4.69) is 4.74 Å². The molecule has 17 heavy (non-hydrogen) atoms. The van der Waals surface area contributed by atoms with E-state index in [9.17, 15) is 17.6 Å². The Labute approximate surface area is 102 Å². The van der Waals surface area contributed by atoms with Crippen LogP contribution in [-0.4, -0.2) is 12.8 Å². The maximum absolute atomic E-state index is 12.8. The number of hydrogen-bond donors (Lipinski definition) is 1. The molecule has 0 unspecified atom stereocenters. The first-order valence-electron chi connectivity index (χ1n) is 4.54. The van der Waals surface area contributed by atoms with Gasteiger partial charge >= 0.3 is 6.18 Å². The van der Waals surface area contributed by atoms with Gasteiger partial charge in [0, 0.05) is 11.6 Å². The molecule has 0 heterocycles. The molecule has 0 aliphatic carbocycles. The molecule has 2 nitrogen and oxygen atoms in total. The van der Waals surface area contributed by atoms with E-state index in [1.165, 1.54) is 6.92 Å². The van der Waals surface area contributed by atoms with E-state index in [4.69, 9.17) is 5.73 Å². The van der Waals surface area contributed by atoms with E-state index in [0.717, 1.165) is 18.2 Å². The van der Waals surface area contributed by atoms with Gasteiger partial charge in [-0.05, 0) is 25.1 Å². The fourth-order valence-electron chi connectivity index (χ4n) is 1.17. The second kappa shape index (κ2) is 6.07. The Morgan fingerprint density at radius 1 is 1.35 bits per heavy atom. The molecule has 0 spiro atoms. The highest BCUT2D eigenvalue weighted by atomic mass is 35.5. The number of hydrogen-bond acceptors (Lipinski definition) is 2. The molecule has 0 saturated carbocycles. The van der Waals surface area contributed by atoms with Gasteiger partial charge in [0.05, 0.1) is 0 Å². The van der Waals surface area contributed by atoms with Crippen LogP contribution in [0.15, 0.2) is 18.2 Å². The third kappa shape index (κ3) is 5.23. The average molecular weight is 274 g/mol. The van der Waals surface area contributed by atoms with E-state index >= 15 is 0 Å². The highest BCUT2D eigenvalue weighted by molar-refractivity contribution is 5.85. The van der Waals surface area contributed by atoms with Crippen molar-refractivity contribution in [3.05, 3.63) is 29.6 Å². The van der Waals surface area contributed by atoms with Crippen LogP contribution in [0.1, 0.15) is 18.5 Å². The lowest BCUT2D eigenvalue weighted by Crippen LogP contribution is -2.20. The Hall–Kier alpha value is -1.01. The van der Waals surface area contributed by atoms with Gasteiger partial charge in [0.25, 0.3) is 0 Å². The lowest BCUT2D eigenvalue weighted by atomic mass is 10.1. The van der Waals surface area contributed by atoms with Crippen molar-refractivity contribution in [2.24, 2.45) is 5.73 Å². The van der Waals surface area contributed by atoms with Gasteiger partial charge in [-0.3, -0.25) is 0 Å². The zero-order chi connectivity index (χ0) is 12.3. The van der Waals surface area contributed by atoms with Crippen molar-refractivity contribution in [3.8, 4) is 5.75 Å². The second-order valence-electron chi connectivity index (χ2n) is 3.37. The normalized spacial score (nSPS) is 12.8. The summed E-state index contributed by atoms with van der Waals surface area (Å²) < 4.78 is 53.2. The summed E-state index contributed by atoms with van der Waals surface area (Å²) in [6, 6.07) is 2.63. The number of rotatable bonds is 3. The molecule has 98 valence electrons. The summed E-state index contributed by atoms with van der Waals surface area (Å²) in [5.74, 6) is -0.611. The Balaban J connectivity index is 0.00000256. The van der Waals surface area contributed by atoms with Crippen LogP contribution in [0.2, 0.25) is 0 Å². The van der Waals surface area contributed by atoms with Crippen molar-refractivity contribution in [3.63, 3.8) is 0 Å². The van der Waals surface area contributed by atoms with Crippen LogP contribution in [0.3, 0.4) is 0 Å². The van der Waals surface area contributed by atoms with Crippen LogP contribution in [-0.2, 0) is 0 Å². The molecule has 1 atom stereocenters. The standard InChI is InChI=1S/C10H11F4NO.ClH/c1-6(15)8-4-7(11)2-3-9(8)16-5-10(12,13)14;/h2-4,6H,5,15H2,1H3;1H/t6-;/m1./s1. The van der Waals surface area contributed by atoms with Gasteiger partial charge in [0.1, 0.15) is 11.6 Å². The summed E-state index contributed by atoms with van der Waals surface area (Å²) in [5, 5.41) is 0. The maximum atomic E-state index is 12.8. The quantitative estimate of drug-likeness (QED) is 0.859. The zero-order valence-corrected chi connectivity index (χ0v) is 9.74. The van der Waals surface area contributed by atoms with E-state index < -0.39 is 24.6 Å². The zero-order valence-electron chi connectivity index (χ0n) is 8.92. The molecule has 7 heteroatoms. The summed E-state index contributed by atoms with van der Waals surface area (Å²) >= 11 is 0. The smallest absolute Gasteiger partial charge is 0.422 e. The first-order valence-corrected chi connectivity index (χ1v) is 4.54. The van der Waals surface area contributed by atoms with Gasteiger partial charge < -0.3 is 10.5 Å². The maximum Gasteiger partial charge on any atom is 0.422 e. The highest BCUT2D eigenvalue weighted by Crippen LogP contribution is 2.26. The number of nitrogens with two attached hydrogens (primary N) is 1. The molecule has 0 amide bonds. The molecule has 0 aliphatic rings. The predicted octanol–water partition coefficient (Wildman–Crippen LogP) is 3.21. The number of ether oxygens (including phenoxy) is 1. The SMILES string of the molecule is C[C@@H](N)c1cc(F)ccc1OCC(F)(F)F.Cl. The molecule has 0 saturated heterocycles. The van der Waals surface area contributed by atoms with Crippen molar-refractivity contribution in [1.82, 2.24) is 0 Å². The topological polar surface area (TPSA) is 35.2 Å². The minimum atomic E-state index is -4.43. The van der Waals surface area contributed by atoms with Crippen LogP contribution in [0.4, 0.5) is 17.6 Å². The molecule has 0 radical (unpaired) electrons. The fourth-order valence-corrected chi connectivity index (χ4v) is 1.17. The van der Waals surface area contributed by atoms with E-state index in [0.29, 0.717) is 0 Å².